The van der Waals surface area contributed by atoms with Crippen molar-refractivity contribution in [3.05, 3.63) is 0 Å². The summed E-state index contributed by atoms with van der Waals surface area (Å²) in [6.07, 6.45) is 8.22. The summed E-state index contributed by atoms with van der Waals surface area (Å²) in [4.78, 5) is 11.6. The van der Waals surface area contributed by atoms with Crippen LogP contribution in [-0.4, -0.2) is 30.2 Å². The number of unbranched alkanes of at least 4 members (excludes halogenated alkanes) is 1. The molecule has 124 valence electrons. The fraction of sp³-hybridized carbons (Fsp3) is 0.941. The summed E-state index contributed by atoms with van der Waals surface area (Å²) in [6.45, 7) is 9.08. The molecule has 0 radical (unpaired) electrons. The molecule has 3 N–H and O–H groups in total. The Balaban J connectivity index is 2.21. The molecule has 21 heavy (non-hydrogen) atoms. The van der Waals surface area contributed by atoms with Gasteiger partial charge in [-0.15, -0.1) is 0 Å². The van der Waals surface area contributed by atoms with Gasteiger partial charge in [0.2, 0.25) is 5.91 Å². The molecule has 0 aromatic heterocycles. The zero-order valence-electron chi connectivity index (χ0n) is 14.3. The van der Waals surface area contributed by atoms with Crippen molar-refractivity contribution in [3.63, 3.8) is 0 Å². The van der Waals surface area contributed by atoms with Crippen molar-refractivity contribution in [2.75, 3.05) is 6.61 Å². The lowest BCUT2D eigenvalue weighted by Gasteiger charge is -2.30. The van der Waals surface area contributed by atoms with Crippen LogP contribution in [0, 0.1) is 5.92 Å². The molecule has 0 aromatic rings. The Hall–Kier alpha value is -0.610. The molecule has 0 saturated heterocycles. The highest BCUT2D eigenvalue weighted by Gasteiger charge is 2.30. The van der Waals surface area contributed by atoms with Gasteiger partial charge < -0.3 is 15.8 Å². The molecule has 1 aliphatic rings. The van der Waals surface area contributed by atoms with Crippen LogP contribution < -0.4 is 11.1 Å². The normalized spacial score (nSPS) is 25.8. The van der Waals surface area contributed by atoms with E-state index >= 15 is 0 Å². The van der Waals surface area contributed by atoms with Gasteiger partial charge >= 0.3 is 0 Å². The van der Waals surface area contributed by atoms with Crippen LogP contribution in [0.5, 0.6) is 0 Å². The number of primary amides is 1. The molecule has 4 heteroatoms. The molecular formula is C17H34N2O2. The average Bonchev–Trinajstić information content (AvgIpc) is 2.37. The summed E-state index contributed by atoms with van der Waals surface area (Å²) in [7, 11) is 0. The fourth-order valence-electron chi connectivity index (χ4n) is 3.26. The second-order valence-corrected chi connectivity index (χ2v) is 7.22. The first-order valence-electron chi connectivity index (χ1n) is 8.52. The second kappa shape index (κ2) is 8.74. The van der Waals surface area contributed by atoms with E-state index in [4.69, 9.17) is 10.5 Å². The molecule has 0 aliphatic heterocycles. The largest absolute Gasteiger partial charge is 0.378 e. The number of ether oxygens (including phenoxy) is 1. The van der Waals surface area contributed by atoms with Gasteiger partial charge in [-0.2, -0.15) is 0 Å². The zero-order chi connectivity index (χ0) is 15.9. The Kier molecular flexibility index (Phi) is 7.67. The standard InChI is InChI=1S/C17H34N2O2/c1-13(2)19-17(4,16(18)20)10-5-6-11-21-15-9-7-8-14(3)12-15/h13-15,19H,5-12H2,1-4H3,(H2,18,20). The summed E-state index contributed by atoms with van der Waals surface area (Å²) < 4.78 is 5.97. The van der Waals surface area contributed by atoms with E-state index < -0.39 is 5.54 Å². The molecule has 0 spiro atoms. The highest BCUT2D eigenvalue weighted by molar-refractivity contribution is 5.84. The molecule has 1 fully saturated rings. The monoisotopic (exact) mass is 298 g/mol. The fourth-order valence-corrected chi connectivity index (χ4v) is 3.26. The van der Waals surface area contributed by atoms with Gasteiger partial charge in [0.15, 0.2) is 0 Å². The van der Waals surface area contributed by atoms with Gasteiger partial charge in [-0.05, 0) is 58.8 Å². The Bertz CT molecular complexity index is 320. The van der Waals surface area contributed by atoms with E-state index in [0.29, 0.717) is 6.10 Å². The predicted molar refractivity (Wildman–Crippen MR) is 87.1 cm³/mol. The Labute approximate surface area is 130 Å². The van der Waals surface area contributed by atoms with Crippen molar-refractivity contribution in [1.29, 1.82) is 0 Å². The molecule has 0 aromatic carbocycles. The van der Waals surface area contributed by atoms with Gasteiger partial charge in [0.25, 0.3) is 0 Å². The van der Waals surface area contributed by atoms with Crippen molar-refractivity contribution < 1.29 is 9.53 Å². The van der Waals surface area contributed by atoms with Gasteiger partial charge in [-0.1, -0.05) is 19.8 Å². The topological polar surface area (TPSA) is 64.3 Å². The third-order valence-electron chi connectivity index (χ3n) is 4.46. The summed E-state index contributed by atoms with van der Waals surface area (Å²) in [5.74, 6) is 0.537. The third kappa shape index (κ3) is 6.79. The highest BCUT2D eigenvalue weighted by atomic mass is 16.5. The van der Waals surface area contributed by atoms with E-state index in [1.54, 1.807) is 0 Å². The average molecular weight is 298 g/mol. The lowest BCUT2D eigenvalue weighted by Crippen LogP contribution is -2.55. The van der Waals surface area contributed by atoms with Crippen molar-refractivity contribution in [1.82, 2.24) is 5.32 Å². The van der Waals surface area contributed by atoms with E-state index in [9.17, 15) is 4.79 Å². The molecule has 3 unspecified atom stereocenters. The number of nitrogens with one attached hydrogen (secondary N) is 1. The number of rotatable bonds is 9. The molecule has 1 aliphatic carbocycles. The summed E-state index contributed by atoms with van der Waals surface area (Å²) in [5, 5.41) is 3.29. The SMILES string of the molecule is CC1CCCC(OCCCCC(C)(NC(C)C)C(N)=O)C1. The molecule has 4 nitrogen and oxygen atoms in total. The van der Waals surface area contributed by atoms with E-state index in [2.05, 4.69) is 12.2 Å². The van der Waals surface area contributed by atoms with E-state index in [0.717, 1.165) is 31.8 Å². The van der Waals surface area contributed by atoms with Gasteiger partial charge in [-0.3, -0.25) is 4.79 Å². The molecule has 1 rings (SSSR count). The van der Waals surface area contributed by atoms with Crippen molar-refractivity contribution in [3.8, 4) is 0 Å². The van der Waals surface area contributed by atoms with E-state index in [1.807, 2.05) is 20.8 Å². The van der Waals surface area contributed by atoms with Crippen LogP contribution in [0.1, 0.15) is 72.6 Å². The lowest BCUT2D eigenvalue weighted by molar-refractivity contribution is -0.124. The van der Waals surface area contributed by atoms with Crippen LogP contribution in [0.4, 0.5) is 0 Å². The van der Waals surface area contributed by atoms with Gasteiger partial charge in [0.1, 0.15) is 0 Å². The van der Waals surface area contributed by atoms with Crippen LogP contribution >= 0.6 is 0 Å². The Morgan fingerprint density at radius 1 is 1.38 bits per heavy atom. The first-order valence-corrected chi connectivity index (χ1v) is 8.52. The molecule has 0 bridgehead atoms. The number of carbonyl (C=O) groups is 1. The third-order valence-corrected chi connectivity index (χ3v) is 4.46. The quantitative estimate of drug-likeness (QED) is 0.643. The van der Waals surface area contributed by atoms with Crippen molar-refractivity contribution in [2.45, 2.75) is 90.3 Å². The second-order valence-electron chi connectivity index (χ2n) is 7.22. The number of hydrogen-bond acceptors (Lipinski definition) is 3. The minimum Gasteiger partial charge on any atom is -0.378 e. The van der Waals surface area contributed by atoms with Crippen LogP contribution in [0.3, 0.4) is 0 Å². The zero-order valence-corrected chi connectivity index (χ0v) is 14.3. The number of amides is 1. The van der Waals surface area contributed by atoms with Crippen molar-refractivity contribution >= 4 is 5.91 Å². The van der Waals surface area contributed by atoms with E-state index in [1.165, 1.54) is 25.7 Å². The summed E-state index contributed by atoms with van der Waals surface area (Å²) in [6, 6.07) is 0.252. The minimum atomic E-state index is -0.604. The molecule has 0 heterocycles. The number of carbonyl (C=O) groups excluding carboxylic acids is 1. The predicted octanol–water partition coefficient (Wildman–Crippen LogP) is 2.99. The first kappa shape index (κ1) is 18.4. The Morgan fingerprint density at radius 3 is 2.67 bits per heavy atom. The minimum absolute atomic E-state index is 0.252. The van der Waals surface area contributed by atoms with E-state index in [-0.39, 0.29) is 11.9 Å². The van der Waals surface area contributed by atoms with Crippen LogP contribution in [-0.2, 0) is 9.53 Å². The first-order chi connectivity index (χ1) is 9.83. The van der Waals surface area contributed by atoms with Crippen LogP contribution in [0.15, 0.2) is 0 Å². The highest BCUT2D eigenvalue weighted by Crippen LogP contribution is 2.26. The Morgan fingerprint density at radius 2 is 2.10 bits per heavy atom. The smallest absolute Gasteiger partial charge is 0.237 e. The maximum Gasteiger partial charge on any atom is 0.237 e. The molecular weight excluding hydrogens is 264 g/mol. The van der Waals surface area contributed by atoms with Crippen LogP contribution in [0.25, 0.3) is 0 Å². The molecule has 1 saturated carbocycles. The molecule has 3 atom stereocenters. The lowest BCUT2D eigenvalue weighted by atomic mass is 9.89. The number of nitrogens with two attached hydrogens (primary N) is 1. The van der Waals surface area contributed by atoms with Gasteiger partial charge in [0.05, 0.1) is 11.6 Å². The van der Waals surface area contributed by atoms with Gasteiger partial charge in [-0.25, -0.2) is 0 Å². The van der Waals surface area contributed by atoms with Crippen LogP contribution in [0.2, 0.25) is 0 Å². The maximum atomic E-state index is 11.6. The summed E-state index contributed by atoms with van der Waals surface area (Å²) >= 11 is 0. The van der Waals surface area contributed by atoms with Crippen molar-refractivity contribution in [2.24, 2.45) is 11.7 Å². The maximum absolute atomic E-state index is 11.6. The van der Waals surface area contributed by atoms with Gasteiger partial charge in [0, 0.05) is 12.6 Å². The summed E-state index contributed by atoms with van der Waals surface area (Å²) in [5.41, 5.74) is 4.93. The number of hydrogen-bond donors (Lipinski definition) is 2. The molecule has 1 amide bonds.